The van der Waals surface area contributed by atoms with Crippen molar-refractivity contribution in [1.29, 1.82) is 0 Å². The van der Waals surface area contributed by atoms with E-state index < -0.39 is 41.2 Å². The summed E-state index contributed by atoms with van der Waals surface area (Å²) in [5, 5.41) is 24.5. The van der Waals surface area contributed by atoms with Crippen molar-refractivity contribution >= 4 is 17.8 Å². The van der Waals surface area contributed by atoms with E-state index in [1.165, 1.54) is 11.0 Å². The summed E-state index contributed by atoms with van der Waals surface area (Å²) in [5.74, 6) is -4.25. The molecular formula is C24H26N2O5. The van der Waals surface area contributed by atoms with Gasteiger partial charge in [-0.25, -0.2) is 0 Å². The lowest BCUT2D eigenvalue weighted by Crippen LogP contribution is -2.99. The number of hydrogen-bond acceptors (Lipinski definition) is 5. The molecule has 0 unspecified atom stereocenters. The average molecular weight is 422 g/mol. The second-order valence-electron chi connectivity index (χ2n) is 8.93. The Kier molecular flexibility index (Phi) is 5.31. The molecule has 0 bridgehead atoms. The van der Waals surface area contributed by atoms with Crippen molar-refractivity contribution in [3.05, 3.63) is 65.7 Å². The number of phenols is 1. The number of imide groups is 1. The summed E-state index contributed by atoms with van der Waals surface area (Å²) in [6.07, 6.45) is 0.179. The number of carboxylic acid groups (broad SMARTS) is 1. The van der Waals surface area contributed by atoms with Gasteiger partial charge in [0.05, 0.1) is 12.1 Å². The molecular weight excluding hydrogens is 396 g/mol. The highest BCUT2D eigenvalue weighted by Crippen LogP contribution is 2.47. The minimum absolute atomic E-state index is 0.0250. The lowest BCUT2D eigenvalue weighted by molar-refractivity contribution is -0.740. The molecule has 4 rings (SSSR count). The van der Waals surface area contributed by atoms with Gasteiger partial charge in [0.15, 0.2) is 0 Å². The number of quaternary nitrogens is 1. The van der Waals surface area contributed by atoms with Gasteiger partial charge in [-0.15, -0.1) is 0 Å². The van der Waals surface area contributed by atoms with Gasteiger partial charge in [-0.2, -0.15) is 0 Å². The van der Waals surface area contributed by atoms with Crippen molar-refractivity contribution in [3.63, 3.8) is 0 Å². The van der Waals surface area contributed by atoms with E-state index >= 15 is 0 Å². The summed E-state index contributed by atoms with van der Waals surface area (Å²) in [7, 11) is 0. The van der Waals surface area contributed by atoms with Gasteiger partial charge in [0.25, 0.3) is 0 Å². The SMILES string of the molecule is CC(C)C[C@@]1(C(=O)[O-])[NH2+][C@@H](c2ccccc2O)[C@H]2C(=O)N(Cc3ccccc3)C(=O)[C@H]21. The van der Waals surface area contributed by atoms with Crippen molar-refractivity contribution in [1.82, 2.24) is 4.90 Å². The van der Waals surface area contributed by atoms with Crippen LogP contribution in [-0.2, 0) is 20.9 Å². The molecule has 3 N–H and O–H groups in total. The van der Waals surface area contributed by atoms with Crippen LogP contribution in [-0.4, -0.2) is 33.3 Å². The van der Waals surface area contributed by atoms with Gasteiger partial charge in [-0.1, -0.05) is 56.3 Å². The maximum atomic E-state index is 13.5. The number of benzene rings is 2. The number of carbonyl (C=O) groups excluding carboxylic acids is 3. The van der Waals surface area contributed by atoms with Crippen LogP contribution in [0.5, 0.6) is 5.75 Å². The molecule has 2 aliphatic heterocycles. The summed E-state index contributed by atoms with van der Waals surface area (Å²) in [5.41, 5.74) is -0.341. The van der Waals surface area contributed by atoms with Gasteiger partial charge in [0, 0.05) is 6.42 Å². The highest BCUT2D eigenvalue weighted by molar-refractivity contribution is 6.08. The molecule has 31 heavy (non-hydrogen) atoms. The van der Waals surface area contributed by atoms with Crippen LogP contribution in [0.15, 0.2) is 54.6 Å². The summed E-state index contributed by atoms with van der Waals surface area (Å²) < 4.78 is 0. The molecule has 2 aromatic rings. The number of phenolic OH excluding ortho intramolecular Hbond substituents is 1. The molecule has 7 heteroatoms. The summed E-state index contributed by atoms with van der Waals surface area (Å²) in [4.78, 5) is 40.6. The fourth-order valence-electron chi connectivity index (χ4n) is 5.31. The minimum atomic E-state index is -1.58. The van der Waals surface area contributed by atoms with E-state index in [9.17, 15) is 24.6 Å². The molecule has 162 valence electrons. The second-order valence-corrected chi connectivity index (χ2v) is 8.93. The number of carbonyl (C=O) groups is 3. The molecule has 2 aromatic carbocycles. The summed E-state index contributed by atoms with van der Waals surface area (Å²) >= 11 is 0. The van der Waals surface area contributed by atoms with Crippen LogP contribution in [0, 0.1) is 17.8 Å². The van der Waals surface area contributed by atoms with Gasteiger partial charge in [0.1, 0.15) is 35.1 Å². The van der Waals surface area contributed by atoms with Crippen LogP contribution in [0.25, 0.3) is 0 Å². The second kappa shape index (κ2) is 7.81. The zero-order valence-corrected chi connectivity index (χ0v) is 17.5. The fourth-order valence-corrected chi connectivity index (χ4v) is 5.31. The van der Waals surface area contributed by atoms with Crippen LogP contribution in [0.3, 0.4) is 0 Å². The first-order valence-corrected chi connectivity index (χ1v) is 10.5. The van der Waals surface area contributed by atoms with Gasteiger partial charge < -0.3 is 20.3 Å². The molecule has 7 nitrogen and oxygen atoms in total. The van der Waals surface area contributed by atoms with E-state index in [-0.39, 0.29) is 24.6 Å². The number of carboxylic acids is 1. The molecule has 2 saturated heterocycles. The fraction of sp³-hybridized carbons (Fsp3) is 0.375. The number of nitrogens with zero attached hydrogens (tertiary/aromatic N) is 1. The van der Waals surface area contributed by atoms with Gasteiger partial charge >= 0.3 is 0 Å². The molecule has 0 aromatic heterocycles. The van der Waals surface area contributed by atoms with Gasteiger partial charge in [-0.3, -0.25) is 14.5 Å². The molecule has 2 fully saturated rings. The van der Waals surface area contributed by atoms with Crippen molar-refractivity contribution < 1.29 is 29.9 Å². The smallest absolute Gasteiger partial charge is 0.240 e. The van der Waals surface area contributed by atoms with E-state index in [2.05, 4.69) is 0 Å². The number of para-hydroxylation sites is 1. The minimum Gasteiger partial charge on any atom is -0.544 e. The quantitative estimate of drug-likeness (QED) is 0.652. The average Bonchev–Trinajstić information content (AvgIpc) is 3.19. The van der Waals surface area contributed by atoms with E-state index in [1.807, 2.05) is 44.2 Å². The molecule has 0 radical (unpaired) electrons. The first-order chi connectivity index (χ1) is 14.8. The third-order valence-electron chi connectivity index (χ3n) is 6.47. The lowest BCUT2D eigenvalue weighted by Gasteiger charge is -2.34. The van der Waals surface area contributed by atoms with E-state index in [0.29, 0.717) is 5.56 Å². The maximum Gasteiger partial charge on any atom is 0.240 e. The molecule has 2 heterocycles. The van der Waals surface area contributed by atoms with Crippen LogP contribution >= 0.6 is 0 Å². The van der Waals surface area contributed by atoms with Gasteiger partial charge in [0.2, 0.25) is 11.8 Å². The predicted octanol–water partition coefficient (Wildman–Crippen LogP) is 0.347. The van der Waals surface area contributed by atoms with E-state index in [4.69, 9.17) is 0 Å². The third-order valence-corrected chi connectivity index (χ3v) is 6.47. The van der Waals surface area contributed by atoms with Crippen molar-refractivity contribution in [3.8, 4) is 5.75 Å². The Bertz CT molecular complexity index is 1020. The Hall–Kier alpha value is -3.19. The molecule has 4 atom stereocenters. The Morgan fingerprint density at radius 1 is 1.10 bits per heavy atom. The molecule has 0 spiro atoms. The first-order valence-electron chi connectivity index (χ1n) is 10.5. The number of rotatable bonds is 6. The zero-order valence-electron chi connectivity index (χ0n) is 17.5. The van der Waals surface area contributed by atoms with Crippen LogP contribution < -0.4 is 10.4 Å². The van der Waals surface area contributed by atoms with Crippen LogP contribution in [0.4, 0.5) is 0 Å². The molecule has 0 aliphatic carbocycles. The summed E-state index contributed by atoms with van der Waals surface area (Å²) in [6.45, 7) is 3.84. The molecule has 0 saturated carbocycles. The third kappa shape index (κ3) is 3.39. The topological polar surface area (TPSA) is 114 Å². The highest BCUT2D eigenvalue weighted by Gasteiger charge is 2.69. The standard InChI is InChI=1S/C24H26N2O5/c1-14(2)12-24(23(30)31)19-18(20(25-24)16-10-6-7-11-17(16)27)21(28)26(22(19)29)13-15-8-4-3-5-9-15/h3-11,14,18-20,25,27H,12-13H2,1-2H3,(H,30,31)/t18-,19-,20-,24+/m0/s1. The Labute approximate surface area is 180 Å². The monoisotopic (exact) mass is 422 g/mol. The number of hydrogen-bond donors (Lipinski definition) is 2. The Morgan fingerprint density at radius 3 is 2.35 bits per heavy atom. The lowest BCUT2D eigenvalue weighted by atomic mass is 9.75. The predicted molar refractivity (Wildman–Crippen MR) is 109 cm³/mol. The van der Waals surface area contributed by atoms with Crippen LogP contribution in [0.1, 0.15) is 37.4 Å². The normalized spacial score (nSPS) is 27.7. The van der Waals surface area contributed by atoms with Crippen molar-refractivity contribution in [2.24, 2.45) is 17.8 Å². The Balaban J connectivity index is 1.81. The first kappa shape index (κ1) is 21.1. The number of amides is 2. The summed E-state index contributed by atoms with van der Waals surface area (Å²) in [6, 6.07) is 15.0. The van der Waals surface area contributed by atoms with Crippen molar-refractivity contribution in [2.75, 3.05) is 0 Å². The number of aromatic hydroxyl groups is 1. The Morgan fingerprint density at radius 2 is 1.74 bits per heavy atom. The van der Waals surface area contributed by atoms with Gasteiger partial charge in [-0.05, 0) is 23.6 Å². The van der Waals surface area contributed by atoms with Crippen LogP contribution in [0.2, 0.25) is 0 Å². The maximum absolute atomic E-state index is 13.5. The number of fused-ring (bicyclic) bond motifs is 1. The number of likely N-dealkylation sites (tertiary alicyclic amines) is 1. The van der Waals surface area contributed by atoms with Crippen molar-refractivity contribution in [2.45, 2.75) is 38.4 Å². The number of nitrogens with two attached hydrogens (primary N) is 1. The van der Waals surface area contributed by atoms with E-state index in [0.717, 1.165) is 5.56 Å². The number of aliphatic carboxylic acids is 1. The largest absolute Gasteiger partial charge is 0.544 e. The molecule has 2 amide bonds. The highest BCUT2D eigenvalue weighted by atomic mass is 16.4. The zero-order chi connectivity index (χ0) is 22.3. The molecule has 2 aliphatic rings. The van der Waals surface area contributed by atoms with E-state index in [1.54, 1.807) is 23.5 Å².